The molecular formula is C16H18N2OS. The van der Waals surface area contributed by atoms with Gasteiger partial charge in [-0.3, -0.25) is 4.79 Å². The summed E-state index contributed by atoms with van der Waals surface area (Å²) in [5, 5.41) is 0.952. The summed E-state index contributed by atoms with van der Waals surface area (Å²) in [5.74, 6) is 0. The van der Waals surface area contributed by atoms with Gasteiger partial charge in [-0.2, -0.15) is 0 Å². The average molecular weight is 286 g/mol. The van der Waals surface area contributed by atoms with Gasteiger partial charge in [-0.1, -0.05) is 56.4 Å². The highest BCUT2D eigenvalue weighted by Crippen LogP contribution is 2.36. The summed E-state index contributed by atoms with van der Waals surface area (Å²) in [5.41, 5.74) is 3.51. The number of anilines is 1. The normalized spacial score (nSPS) is 14.4. The molecule has 0 bridgehead atoms. The molecule has 4 heteroatoms. The molecule has 0 saturated carbocycles. The van der Waals surface area contributed by atoms with Crippen molar-refractivity contribution < 1.29 is 4.79 Å². The summed E-state index contributed by atoms with van der Waals surface area (Å²) in [4.78, 5) is 19.0. The van der Waals surface area contributed by atoms with E-state index >= 15 is 0 Å². The first-order valence-corrected chi connectivity index (χ1v) is 7.59. The fourth-order valence-corrected chi connectivity index (χ4v) is 3.63. The van der Waals surface area contributed by atoms with Crippen LogP contribution in [0.3, 0.4) is 0 Å². The molecule has 0 aliphatic carbocycles. The van der Waals surface area contributed by atoms with Crippen LogP contribution in [-0.2, 0) is 18.5 Å². The SMILES string of the molecule is CC(C)(C)c1nc(N2Cc3ccccc3C2)sc1C=O. The van der Waals surface area contributed by atoms with Gasteiger partial charge in [-0.15, -0.1) is 0 Å². The topological polar surface area (TPSA) is 33.2 Å². The lowest BCUT2D eigenvalue weighted by molar-refractivity contribution is 0.112. The molecule has 0 saturated heterocycles. The number of carbonyl (C=O) groups excluding carboxylic acids is 1. The standard InChI is InChI=1S/C16H18N2OS/c1-16(2,3)14-13(10-19)20-15(17-14)18-8-11-6-4-5-7-12(11)9-18/h4-7,10H,8-9H2,1-3H3. The highest BCUT2D eigenvalue weighted by atomic mass is 32.1. The largest absolute Gasteiger partial charge is 0.339 e. The van der Waals surface area contributed by atoms with E-state index in [0.29, 0.717) is 0 Å². The van der Waals surface area contributed by atoms with Gasteiger partial charge in [0.05, 0.1) is 10.6 Å². The molecule has 104 valence electrons. The fraction of sp³-hybridized carbons (Fsp3) is 0.375. The number of hydrogen-bond donors (Lipinski definition) is 0. The Labute approximate surface area is 123 Å². The third-order valence-electron chi connectivity index (χ3n) is 3.57. The van der Waals surface area contributed by atoms with Gasteiger partial charge in [-0.25, -0.2) is 4.98 Å². The monoisotopic (exact) mass is 286 g/mol. The molecule has 0 spiro atoms. The zero-order valence-electron chi connectivity index (χ0n) is 12.0. The minimum atomic E-state index is -0.0996. The lowest BCUT2D eigenvalue weighted by atomic mass is 9.91. The Morgan fingerprint density at radius 2 is 1.80 bits per heavy atom. The van der Waals surface area contributed by atoms with Gasteiger partial charge in [0.25, 0.3) is 0 Å². The van der Waals surface area contributed by atoms with Crippen LogP contribution in [0, 0.1) is 0 Å². The summed E-state index contributed by atoms with van der Waals surface area (Å²) < 4.78 is 0. The highest BCUT2D eigenvalue weighted by Gasteiger charge is 2.27. The van der Waals surface area contributed by atoms with Gasteiger partial charge in [0, 0.05) is 18.5 Å². The van der Waals surface area contributed by atoms with Crippen LogP contribution in [-0.4, -0.2) is 11.3 Å². The number of carbonyl (C=O) groups is 1. The molecule has 0 fully saturated rings. The van der Waals surface area contributed by atoms with Crippen LogP contribution < -0.4 is 4.90 Å². The number of fused-ring (bicyclic) bond motifs is 1. The van der Waals surface area contributed by atoms with E-state index in [1.807, 2.05) is 0 Å². The number of benzene rings is 1. The van der Waals surface area contributed by atoms with Crippen molar-refractivity contribution in [3.05, 3.63) is 46.0 Å². The van der Waals surface area contributed by atoms with E-state index < -0.39 is 0 Å². The Kier molecular flexibility index (Phi) is 3.13. The van der Waals surface area contributed by atoms with Crippen LogP contribution in [0.25, 0.3) is 0 Å². The Balaban J connectivity index is 1.94. The van der Waals surface area contributed by atoms with Crippen molar-refractivity contribution in [2.75, 3.05) is 4.90 Å². The predicted molar refractivity (Wildman–Crippen MR) is 82.5 cm³/mol. The zero-order valence-corrected chi connectivity index (χ0v) is 12.8. The summed E-state index contributed by atoms with van der Waals surface area (Å²) in [6, 6.07) is 8.46. The molecule has 2 heterocycles. The maximum absolute atomic E-state index is 11.3. The van der Waals surface area contributed by atoms with Crippen molar-refractivity contribution >= 4 is 22.8 Å². The van der Waals surface area contributed by atoms with E-state index in [1.54, 1.807) is 0 Å². The minimum absolute atomic E-state index is 0.0996. The molecule has 0 amide bonds. The van der Waals surface area contributed by atoms with Gasteiger partial charge in [0.2, 0.25) is 0 Å². The van der Waals surface area contributed by atoms with E-state index in [1.165, 1.54) is 22.5 Å². The van der Waals surface area contributed by atoms with E-state index in [4.69, 9.17) is 4.98 Å². The lowest BCUT2D eigenvalue weighted by Crippen LogP contribution is -2.17. The Morgan fingerprint density at radius 1 is 1.20 bits per heavy atom. The predicted octanol–water partition coefficient (Wildman–Crippen LogP) is 3.77. The first-order valence-electron chi connectivity index (χ1n) is 6.77. The maximum atomic E-state index is 11.3. The van der Waals surface area contributed by atoms with Gasteiger partial charge < -0.3 is 4.90 Å². The van der Waals surface area contributed by atoms with E-state index in [0.717, 1.165) is 35.1 Å². The second-order valence-corrected chi connectivity index (χ2v) is 7.21. The fourth-order valence-electron chi connectivity index (χ4n) is 2.54. The Bertz CT molecular complexity index is 630. The maximum Gasteiger partial charge on any atom is 0.186 e. The second kappa shape index (κ2) is 4.70. The van der Waals surface area contributed by atoms with E-state index in [-0.39, 0.29) is 5.41 Å². The van der Waals surface area contributed by atoms with Gasteiger partial charge in [-0.05, 0) is 11.1 Å². The molecule has 0 N–H and O–H groups in total. The van der Waals surface area contributed by atoms with Crippen LogP contribution in [0.5, 0.6) is 0 Å². The molecule has 0 unspecified atom stereocenters. The van der Waals surface area contributed by atoms with Gasteiger partial charge in [0.1, 0.15) is 0 Å². The molecule has 1 aromatic heterocycles. The van der Waals surface area contributed by atoms with Crippen LogP contribution in [0.15, 0.2) is 24.3 Å². The average Bonchev–Trinajstić information content (AvgIpc) is 3.01. The van der Waals surface area contributed by atoms with Crippen LogP contribution >= 0.6 is 11.3 Å². The molecule has 20 heavy (non-hydrogen) atoms. The van der Waals surface area contributed by atoms with Crippen LogP contribution in [0.1, 0.15) is 47.3 Å². The van der Waals surface area contributed by atoms with Crippen molar-refractivity contribution in [1.82, 2.24) is 4.98 Å². The molecule has 2 aromatic rings. The summed E-state index contributed by atoms with van der Waals surface area (Å²) in [6.07, 6.45) is 0.935. The molecular weight excluding hydrogens is 268 g/mol. The Morgan fingerprint density at radius 3 is 2.25 bits per heavy atom. The van der Waals surface area contributed by atoms with Crippen molar-refractivity contribution in [2.45, 2.75) is 39.3 Å². The highest BCUT2D eigenvalue weighted by molar-refractivity contribution is 7.17. The molecule has 3 rings (SSSR count). The number of aldehydes is 1. The third kappa shape index (κ3) is 2.24. The first kappa shape index (κ1) is 13.3. The molecule has 1 aromatic carbocycles. The van der Waals surface area contributed by atoms with Crippen molar-refractivity contribution in [2.24, 2.45) is 0 Å². The number of aromatic nitrogens is 1. The molecule has 0 atom stereocenters. The van der Waals surface area contributed by atoms with E-state index in [9.17, 15) is 4.79 Å². The van der Waals surface area contributed by atoms with Crippen molar-refractivity contribution in [1.29, 1.82) is 0 Å². The molecule has 3 nitrogen and oxygen atoms in total. The van der Waals surface area contributed by atoms with Crippen molar-refractivity contribution in [3.8, 4) is 0 Å². The number of rotatable bonds is 2. The molecule has 0 radical (unpaired) electrons. The summed E-state index contributed by atoms with van der Waals surface area (Å²) in [7, 11) is 0. The molecule has 1 aliphatic rings. The molecule has 1 aliphatic heterocycles. The van der Waals surface area contributed by atoms with Crippen LogP contribution in [0.2, 0.25) is 0 Å². The number of thiazole rings is 1. The number of nitrogens with zero attached hydrogens (tertiary/aromatic N) is 2. The first-order chi connectivity index (χ1) is 9.49. The zero-order chi connectivity index (χ0) is 14.3. The third-order valence-corrected chi connectivity index (χ3v) is 4.61. The smallest absolute Gasteiger partial charge is 0.186 e. The second-order valence-electron chi connectivity index (χ2n) is 6.20. The lowest BCUT2D eigenvalue weighted by Gasteiger charge is -2.17. The van der Waals surface area contributed by atoms with Gasteiger partial charge >= 0.3 is 0 Å². The summed E-state index contributed by atoms with van der Waals surface area (Å²) >= 11 is 1.50. The quantitative estimate of drug-likeness (QED) is 0.788. The Hall–Kier alpha value is -1.68. The number of hydrogen-bond acceptors (Lipinski definition) is 4. The van der Waals surface area contributed by atoms with Crippen molar-refractivity contribution in [3.63, 3.8) is 0 Å². The van der Waals surface area contributed by atoms with Gasteiger partial charge in [0.15, 0.2) is 11.4 Å². The summed E-state index contributed by atoms with van der Waals surface area (Å²) in [6.45, 7) is 8.05. The van der Waals surface area contributed by atoms with Crippen LogP contribution in [0.4, 0.5) is 5.13 Å². The van der Waals surface area contributed by atoms with E-state index in [2.05, 4.69) is 49.9 Å². The minimum Gasteiger partial charge on any atom is -0.339 e.